The quantitative estimate of drug-likeness (QED) is 0.940. The predicted octanol–water partition coefficient (Wildman–Crippen LogP) is 2.59. The molecule has 0 bridgehead atoms. The average molecular weight is 287 g/mol. The first-order valence-electron chi connectivity index (χ1n) is 7.20. The number of nitrogens with zero attached hydrogens (tertiary/aromatic N) is 2. The zero-order valence-corrected chi connectivity index (χ0v) is 12.7. The number of aromatic nitrogens is 1. The maximum Gasteiger partial charge on any atom is 0.0946 e. The van der Waals surface area contributed by atoms with Crippen LogP contribution in [0.4, 0.5) is 0 Å². The van der Waals surface area contributed by atoms with Crippen molar-refractivity contribution in [2.75, 3.05) is 6.54 Å². The molecule has 0 aliphatic carbocycles. The van der Waals surface area contributed by atoms with E-state index in [2.05, 4.69) is 35.2 Å². The van der Waals surface area contributed by atoms with Gasteiger partial charge in [0.1, 0.15) is 0 Å². The van der Waals surface area contributed by atoms with Gasteiger partial charge in [0.05, 0.1) is 10.7 Å². The summed E-state index contributed by atoms with van der Waals surface area (Å²) in [4.78, 5) is 8.68. The number of fused-ring (bicyclic) bond motifs is 1. The van der Waals surface area contributed by atoms with Crippen LogP contribution in [0.15, 0.2) is 30.3 Å². The Bertz CT molecular complexity index is 562. The molecule has 0 amide bonds. The molecule has 4 heteroatoms. The van der Waals surface area contributed by atoms with Gasteiger partial charge in [0.2, 0.25) is 0 Å². The van der Waals surface area contributed by atoms with Crippen LogP contribution in [0.3, 0.4) is 0 Å². The van der Waals surface area contributed by atoms with Crippen LogP contribution in [-0.4, -0.2) is 22.5 Å². The fourth-order valence-corrected chi connectivity index (χ4v) is 3.94. The van der Waals surface area contributed by atoms with E-state index in [1.807, 2.05) is 18.3 Å². The number of hydrogen-bond donors (Lipinski definition) is 1. The van der Waals surface area contributed by atoms with E-state index in [0.717, 1.165) is 32.5 Å². The van der Waals surface area contributed by atoms with Crippen LogP contribution in [0.25, 0.3) is 0 Å². The lowest BCUT2D eigenvalue weighted by Gasteiger charge is -2.25. The molecule has 0 spiro atoms. The molecule has 0 fully saturated rings. The molecule has 2 aromatic rings. The van der Waals surface area contributed by atoms with E-state index in [-0.39, 0.29) is 6.04 Å². The molecule has 1 unspecified atom stereocenters. The number of hydrogen-bond acceptors (Lipinski definition) is 4. The molecule has 0 saturated heterocycles. The highest BCUT2D eigenvalue weighted by molar-refractivity contribution is 7.11. The first-order valence-corrected chi connectivity index (χ1v) is 8.01. The van der Waals surface area contributed by atoms with Crippen molar-refractivity contribution in [3.8, 4) is 0 Å². The maximum atomic E-state index is 5.87. The molecule has 1 aromatic carbocycles. The fraction of sp³-hybridized carbons (Fsp3) is 0.438. The van der Waals surface area contributed by atoms with E-state index >= 15 is 0 Å². The van der Waals surface area contributed by atoms with Gasteiger partial charge in [-0.15, -0.1) is 11.3 Å². The van der Waals surface area contributed by atoms with Crippen LogP contribution in [0, 0.1) is 0 Å². The normalized spacial score (nSPS) is 16.9. The minimum atomic E-state index is 0.197. The van der Waals surface area contributed by atoms with Gasteiger partial charge in [0, 0.05) is 43.4 Å². The maximum absolute atomic E-state index is 5.87. The Morgan fingerprint density at radius 3 is 2.90 bits per heavy atom. The molecule has 1 aliphatic rings. The zero-order valence-electron chi connectivity index (χ0n) is 11.9. The summed E-state index contributed by atoms with van der Waals surface area (Å²) in [5, 5.41) is 1.20. The van der Waals surface area contributed by atoms with Crippen LogP contribution in [-0.2, 0) is 25.9 Å². The molecule has 1 aromatic heterocycles. The highest BCUT2D eigenvalue weighted by atomic mass is 32.1. The topological polar surface area (TPSA) is 42.1 Å². The summed E-state index contributed by atoms with van der Waals surface area (Å²) in [7, 11) is 0. The Morgan fingerprint density at radius 2 is 2.15 bits per heavy atom. The standard InChI is InChI=1S/C16H21N3S/c1-12(17)9-16-18-14-7-8-19(11-15(14)20-16)10-13-5-3-2-4-6-13/h2-6,12H,7-11,17H2,1H3. The van der Waals surface area contributed by atoms with Gasteiger partial charge in [-0.3, -0.25) is 4.90 Å². The largest absolute Gasteiger partial charge is 0.328 e. The first-order chi connectivity index (χ1) is 9.70. The van der Waals surface area contributed by atoms with Gasteiger partial charge in [-0.1, -0.05) is 30.3 Å². The Kier molecular flexibility index (Phi) is 4.15. The summed E-state index contributed by atoms with van der Waals surface area (Å²) in [5.74, 6) is 0. The zero-order chi connectivity index (χ0) is 13.9. The van der Waals surface area contributed by atoms with Crippen molar-refractivity contribution in [1.29, 1.82) is 0 Å². The summed E-state index contributed by atoms with van der Waals surface area (Å²) in [5.41, 5.74) is 8.55. The summed E-state index contributed by atoms with van der Waals surface area (Å²) < 4.78 is 0. The van der Waals surface area contributed by atoms with Gasteiger partial charge in [0.15, 0.2) is 0 Å². The summed E-state index contributed by atoms with van der Waals surface area (Å²) in [6.45, 7) is 5.20. The SMILES string of the molecule is CC(N)Cc1nc2c(s1)CN(Cc1ccccc1)CC2. The van der Waals surface area contributed by atoms with Crippen molar-refractivity contribution in [2.45, 2.75) is 38.9 Å². The van der Waals surface area contributed by atoms with Crippen molar-refractivity contribution >= 4 is 11.3 Å². The molecule has 2 heterocycles. The van der Waals surface area contributed by atoms with Gasteiger partial charge in [-0.2, -0.15) is 0 Å². The van der Waals surface area contributed by atoms with Crippen LogP contribution in [0.5, 0.6) is 0 Å². The summed E-state index contributed by atoms with van der Waals surface area (Å²) in [6.07, 6.45) is 1.97. The fourth-order valence-electron chi connectivity index (χ4n) is 2.64. The molecular weight excluding hydrogens is 266 g/mol. The van der Waals surface area contributed by atoms with Crippen molar-refractivity contribution in [2.24, 2.45) is 5.73 Å². The lowest BCUT2D eigenvalue weighted by Crippen LogP contribution is -2.29. The molecule has 20 heavy (non-hydrogen) atoms. The Labute approximate surface area is 124 Å². The Morgan fingerprint density at radius 1 is 1.35 bits per heavy atom. The third kappa shape index (κ3) is 3.26. The monoisotopic (exact) mass is 287 g/mol. The van der Waals surface area contributed by atoms with E-state index in [4.69, 9.17) is 10.7 Å². The Hall–Kier alpha value is -1.23. The molecule has 1 atom stereocenters. The molecule has 106 valence electrons. The summed E-state index contributed by atoms with van der Waals surface area (Å²) in [6, 6.07) is 10.9. The minimum absolute atomic E-state index is 0.197. The number of rotatable bonds is 4. The van der Waals surface area contributed by atoms with Crippen molar-refractivity contribution in [3.05, 3.63) is 51.5 Å². The third-order valence-corrected chi connectivity index (χ3v) is 4.70. The Balaban J connectivity index is 1.67. The molecule has 3 rings (SSSR count). The predicted molar refractivity (Wildman–Crippen MR) is 83.7 cm³/mol. The second kappa shape index (κ2) is 6.04. The van der Waals surface area contributed by atoms with Crippen LogP contribution in [0.1, 0.15) is 28.1 Å². The molecular formula is C16H21N3S. The van der Waals surface area contributed by atoms with E-state index < -0.39 is 0 Å². The van der Waals surface area contributed by atoms with Crippen LogP contribution in [0.2, 0.25) is 0 Å². The van der Waals surface area contributed by atoms with E-state index in [9.17, 15) is 0 Å². The lowest BCUT2D eigenvalue weighted by atomic mass is 10.1. The van der Waals surface area contributed by atoms with Crippen molar-refractivity contribution in [1.82, 2.24) is 9.88 Å². The van der Waals surface area contributed by atoms with Crippen LogP contribution < -0.4 is 5.73 Å². The molecule has 0 radical (unpaired) electrons. The van der Waals surface area contributed by atoms with Gasteiger partial charge in [0.25, 0.3) is 0 Å². The number of benzene rings is 1. The van der Waals surface area contributed by atoms with Gasteiger partial charge in [-0.05, 0) is 12.5 Å². The van der Waals surface area contributed by atoms with Crippen LogP contribution >= 0.6 is 11.3 Å². The second-order valence-corrected chi connectivity index (χ2v) is 6.77. The van der Waals surface area contributed by atoms with Gasteiger partial charge in [-0.25, -0.2) is 4.98 Å². The minimum Gasteiger partial charge on any atom is -0.328 e. The van der Waals surface area contributed by atoms with E-state index in [1.54, 1.807) is 0 Å². The first kappa shape index (κ1) is 13.7. The van der Waals surface area contributed by atoms with E-state index in [1.165, 1.54) is 21.1 Å². The smallest absolute Gasteiger partial charge is 0.0946 e. The molecule has 1 aliphatic heterocycles. The number of nitrogens with two attached hydrogens (primary N) is 1. The van der Waals surface area contributed by atoms with E-state index in [0.29, 0.717) is 0 Å². The number of thiazole rings is 1. The second-order valence-electron chi connectivity index (χ2n) is 5.61. The molecule has 0 saturated carbocycles. The van der Waals surface area contributed by atoms with Gasteiger partial charge < -0.3 is 5.73 Å². The highest BCUT2D eigenvalue weighted by Crippen LogP contribution is 2.26. The third-order valence-electron chi connectivity index (χ3n) is 3.60. The van der Waals surface area contributed by atoms with Crippen molar-refractivity contribution < 1.29 is 0 Å². The molecule has 3 nitrogen and oxygen atoms in total. The average Bonchev–Trinajstić information content (AvgIpc) is 2.80. The van der Waals surface area contributed by atoms with Crippen molar-refractivity contribution in [3.63, 3.8) is 0 Å². The van der Waals surface area contributed by atoms with Gasteiger partial charge >= 0.3 is 0 Å². The lowest BCUT2D eigenvalue weighted by molar-refractivity contribution is 0.247. The summed E-state index contributed by atoms with van der Waals surface area (Å²) >= 11 is 1.85. The highest BCUT2D eigenvalue weighted by Gasteiger charge is 2.20. The molecule has 2 N–H and O–H groups in total.